The number of aliphatic hydroxyl groups excluding tert-OH is 1. The summed E-state index contributed by atoms with van der Waals surface area (Å²) in [6.07, 6.45) is 14.6. The van der Waals surface area contributed by atoms with Gasteiger partial charge in [-0.1, -0.05) is 72.4 Å². The van der Waals surface area contributed by atoms with Crippen LogP contribution in [-0.4, -0.2) is 46.5 Å². The lowest BCUT2D eigenvalue weighted by molar-refractivity contribution is -0.140. The van der Waals surface area contributed by atoms with Crippen molar-refractivity contribution < 1.29 is 15.0 Å². The SMILES string of the molecule is Cc1sc(N(CC2=CC[C@H](C(O)NC(C)C(=O)O)C=C2)CC2=CC=CCC2)nc1-c1ccccc1. The second-order valence-corrected chi connectivity index (χ2v) is 10.3. The van der Waals surface area contributed by atoms with Gasteiger partial charge in [0.2, 0.25) is 0 Å². The summed E-state index contributed by atoms with van der Waals surface area (Å²) in [7, 11) is 0. The number of aliphatic carboxylic acids is 1. The molecule has 0 saturated carbocycles. The third-order valence-corrected chi connectivity index (χ3v) is 7.41. The molecule has 2 aliphatic carbocycles. The molecule has 2 aliphatic rings. The molecule has 1 heterocycles. The molecule has 2 aromatic rings. The molecule has 35 heavy (non-hydrogen) atoms. The quantitative estimate of drug-likeness (QED) is 0.402. The van der Waals surface area contributed by atoms with Crippen molar-refractivity contribution in [3.8, 4) is 11.3 Å². The Kier molecular flexibility index (Phi) is 8.33. The predicted octanol–water partition coefficient (Wildman–Crippen LogP) is 5.08. The Morgan fingerprint density at radius 2 is 2.09 bits per heavy atom. The molecular formula is C28H33N3O3S. The van der Waals surface area contributed by atoms with Crippen LogP contribution >= 0.6 is 11.3 Å². The fraction of sp³-hybridized carbons (Fsp3) is 0.357. The van der Waals surface area contributed by atoms with E-state index in [2.05, 4.69) is 53.6 Å². The minimum atomic E-state index is -0.976. The highest BCUT2D eigenvalue weighted by Crippen LogP contribution is 2.34. The van der Waals surface area contributed by atoms with E-state index < -0.39 is 18.2 Å². The Hall–Kier alpha value is -3.00. The van der Waals surface area contributed by atoms with Crippen molar-refractivity contribution in [2.45, 2.75) is 45.4 Å². The topological polar surface area (TPSA) is 85.7 Å². The first-order valence-corrected chi connectivity index (χ1v) is 12.9. The van der Waals surface area contributed by atoms with Gasteiger partial charge in [0.25, 0.3) is 0 Å². The molecule has 3 N–H and O–H groups in total. The van der Waals surface area contributed by atoms with E-state index in [4.69, 9.17) is 10.1 Å². The summed E-state index contributed by atoms with van der Waals surface area (Å²) in [6, 6.07) is 9.50. The average molecular weight is 492 g/mol. The Balaban J connectivity index is 1.50. The maximum absolute atomic E-state index is 11.1. The van der Waals surface area contributed by atoms with Gasteiger partial charge in [0.05, 0.1) is 5.69 Å². The summed E-state index contributed by atoms with van der Waals surface area (Å²) >= 11 is 1.72. The lowest BCUT2D eigenvalue weighted by Crippen LogP contribution is -2.44. The first kappa shape index (κ1) is 25.1. The van der Waals surface area contributed by atoms with Crippen LogP contribution in [0.5, 0.6) is 0 Å². The van der Waals surface area contributed by atoms with Gasteiger partial charge in [0, 0.05) is 29.4 Å². The number of hydrogen-bond donors (Lipinski definition) is 3. The van der Waals surface area contributed by atoms with Crippen molar-refractivity contribution in [3.05, 3.63) is 82.8 Å². The highest BCUT2D eigenvalue weighted by molar-refractivity contribution is 7.16. The van der Waals surface area contributed by atoms with E-state index in [0.29, 0.717) is 6.42 Å². The molecule has 0 spiro atoms. The minimum absolute atomic E-state index is 0.160. The molecule has 2 unspecified atom stereocenters. The largest absolute Gasteiger partial charge is 0.480 e. The number of nitrogens with one attached hydrogen (secondary N) is 1. The lowest BCUT2D eigenvalue weighted by Gasteiger charge is -2.28. The molecule has 4 rings (SSSR count). The van der Waals surface area contributed by atoms with Crippen LogP contribution in [-0.2, 0) is 4.79 Å². The molecule has 0 amide bonds. The van der Waals surface area contributed by atoms with Gasteiger partial charge in [-0.05, 0) is 38.7 Å². The van der Waals surface area contributed by atoms with Crippen LogP contribution < -0.4 is 10.2 Å². The number of carboxylic acid groups (broad SMARTS) is 1. The summed E-state index contributed by atoms with van der Waals surface area (Å²) < 4.78 is 0. The molecule has 0 saturated heterocycles. The normalized spacial score (nSPS) is 19.1. The van der Waals surface area contributed by atoms with Crippen LogP contribution in [0.15, 0.2) is 77.9 Å². The number of benzene rings is 1. The first-order valence-electron chi connectivity index (χ1n) is 12.1. The molecule has 0 fully saturated rings. The maximum atomic E-state index is 11.1. The average Bonchev–Trinajstić information content (AvgIpc) is 3.26. The molecular weight excluding hydrogens is 458 g/mol. The summed E-state index contributed by atoms with van der Waals surface area (Å²) in [4.78, 5) is 19.7. The Morgan fingerprint density at radius 3 is 2.74 bits per heavy atom. The fourth-order valence-corrected chi connectivity index (χ4v) is 5.24. The molecule has 1 aromatic heterocycles. The van der Waals surface area contributed by atoms with Crippen LogP contribution in [0.4, 0.5) is 5.13 Å². The van der Waals surface area contributed by atoms with Crippen molar-refractivity contribution in [1.29, 1.82) is 0 Å². The van der Waals surface area contributed by atoms with Gasteiger partial charge < -0.3 is 15.1 Å². The van der Waals surface area contributed by atoms with Gasteiger partial charge in [0.1, 0.15) is 12.3 Å². The van der Waals surface area contributed by atoms with Crippen molar-refractivity contribution in [2.24, 2.45) is 5.92 Å². The third kappa shape index (κ3) is 6.57. The van der Waals surface area contributed by atoms with Gasteiger partial charge in [-0.3, -0.25) is 10.1 Å². The fourth-order valence-electron chi connectivity index (χ4n) is 4.31. The monoisotopic (exact) mass is 491 g/mol. The summed E-state index contributed by atoms with van der Waals surface area (Å²) in [6.45, 7) is 5.20. The van der Waals surface area contributed by atoms with Crippen LogP contribution in [0.3, 0.4) is 0 Å². The Morgan fingerprint density at radius 1 is 1.29 bits per heavy atom. The van der Waals surface area contributed by atoms with Gasteiger partial charge in [-0.25, -0.2) is 4.98 Å². The number of thiazole rings is 1. The summed E-state index contributed by atoms with van der Waals surface area (Å²) in [5.74, 6) is -1.14. The number of hydrogen-bond acceptors (Lipinski definition) is 6. The van der Waals surface area contributed by atoms with Crippen molar-refractivity contribution in [1.82, 2.24) is 10.3 Å². The number of aryl methyl sites for hydroxylation is 1. The second-order valence-electron chi connectivity index (χ2n) is 9.12. The van der Waals surface area contributed by atoms with E-state index in [1.807, 2.05) is 30.4 Å². The van der Waals surface area contributed by atoms with Crippen LogP contribution in [0.25, 0.3) is 11.3 Å². The maximum Gasteiger partial charge on any atom is 0.320 e. The molecule has 1 aromatic carbocycles. The van der Waals surface area contributed by atoms with Gasteiger partial charge in [-0.15, -0.1) is 11.3 Å². The number of carbonyl (C=O) groups is 1. The smallest absolute Gasteiger partial charge is 0.320 e. The molecule has 6 nitrogen and oxygen atoms in total. The van der Waals surface area contributed by atoms with Crippen LogP contribution in [0.1, 0.15) is 31.1 Å². The number of carboxylic acids is 1. The molecule has 3 atom stereocenters. The van der Waals surface area contributed by atoms with E-state index in [0.717, 1.165) is 42.3 Å². The van der Waals surface area contributed by atoms with E-state index in [1.54, 1.807) is 11.3 Å². The van der Waals surface area contributed by atoms with E-state index in [1.165, 1.54) is 22.9 Å². The van der Waals surface area contributed by atoms with E-state index in [9.17, 15) is 9.90 Å². The predicted molar refractivity (Wildman–Crippen MR) is 143 cm³/mol. The lowest BCUT2D eigenvalue weighted by atomic mass is 9.94. The Bertz CT molecular complexity index is 1150. The van der Waals surface area contributed by atoms with Crippen molar-refractivity contribution >= 4 is 22.4 Å². The molecule has 0 radical (unpaired) electrons. The molecule has 184 valence electrons. The van der Waals surface area contributed by atoms with Gasteiger partial charge in [0.15, 0.2) is 5.13 Å². The van der Waals surface area contributed by atoms with Gasteiger partial charge in [-0.2, -0.15) is 0 Å². The zero-order valence-corrected chi connectivity index (χ0v) is 21.0. The summed E-state index contributed by atoms with van der Waals surface area (Å²) in [5.41, 5.74) is 4.72. The number of nitrogens with zero attached hydrogens (tertiary/aromatic N) is 2. The first-order chi connectivity index (χ1) is 16.9. The van der Waals surface area contributed by atoms with E-state index >= 15 is 0 Å². The summed E-state index contributed by atoms with van der Waals surface area (Å²) in [5, 5.41) is 23.3. The zero-order chi connectivity index (χ0) is 24.8. The van der Waals surface area contributed by atoms with E-state index in [-0.39, 0.29) is 5.92 Å². The standard InChI is InChI=1S/C28H33N3O3S/c1-19(27(33)34)29-26(32)24-15-13-22(14-16-24)18-31(17-21-9-5-3-6-10-21)28-30-25(20(2)35-28)23-11-7-4-8-12-23/h3-5,7-9,11-15,19,24,26,29,32H,6,10,16-18H2,1-2H3,(H,33,34)/t19?,24-,26?/m1/s1. The number of rotatable bonds is 10. The number of allylic oxidation sites excluding steroid dienone is 4. The third-order valence-electron chi connectivity index (χ3n) is 6.38. The molecule has 0 bridgehead atoms. The molecule has 7 heteroatoms. The Labute approximate surface area is 211 Å². The van der Waals surface area contributed by atoms with Crippen LogP contribution in [0, 0.1) is 12.8 Å². The number of aliphatic hydroxyl groups is 1. The minimum Gasteiger partial charge on any atom is -0.480 e. The van der Waals surface area contributed by atoms with Crippen LogP contribution in [0.2, 0.25) is 0 Å². The zero-order valence-electron chi connectivity index (χ0n) is 20.2. The van der Waals surface area contributed by atoms with Crippen molar-refractivity contribution in [3.63, 3.8) is 0 Å². The number of aromatic nitrogens is 1. The number of anilines is 1. The van der Waals surface area contributed by atoms with Gasteiger partial charge >= 0.3 is 5.97 Å². The molecule has 0 aliphatic heterocycles. The second kappa shape index (κ2) is 11.6. The highest BCUT2D eigenvalue weighted by atomic mass is 32.1. The van der Waals surface area contributed by atoms with Crippen molar-refractivity contribution in [2.75, 3.05) is 18.0 Å². The highest BCUT2D eigenvalue weighted by Gasteiger charge is 2.24.